The highest BCUT2D eigenvalue weighted by Crippen LogP contribution is 1.99. The summed E-state index contributed by atoms with van der Waals surface area (Å²) in [6.45, 7) is 3.23. The number of carbonyl (C=O) groups is 1. The number of aliphatic carboxylic acids is 1. The summed E-state index contributed by atoms with van der Waals surface area (Å²) in [5.41, 5.74) is 0.0201. The van der Waals surface area contributed by atoms with Crippen molar-refractivity contribution in [1.82, 2.24) is 0 Å². The van der Waals surface area contributed by atoms with Crippen LogP contribution >= 0.6 is 0 Å². The van der Waals surface area contributed by atoms with Gasteiger partial charge in [-0.3, -0.25) is 0 Å². The maximum absolute atomic E-state index is 10.1. The van der Waals surface area contributed by atoms with Gasteiger partial charge in [-0.15, -0.1) is 0 Å². The molecule has 0 aromatic carbocycles. The third-order valence-electron chi connectivity index (χ3n) is 1.00. The van der Waals surface area contributed by atoms with Crippen LogP contribution in [0.3, 0.4) is 0 Å². The summed E-state index contributed by atoms with van der Waals surface area (Å²) in [5.74, 6) is -1.09. The van der Waals surface area contributed by atoms with Gasteiger partial charge < -0.3 is 5.11 Å². The summed E-state index contributed by atoms with van der Waals surface area (Å²) in [6, 6.07) is 0. The maximum atomic E-state index is 10.1. The minimum atomic E-state index is -2.20. The second-order valence-corrected chi connectivity index (χ2v) is 2.73. The molecule has 0 saturated heterocycles. The lowest BCUT2D eigenvalue weighted by atomic mass is 10.2. The number of carboxylic acid groups (broad SMARTS) is 1. The SMILES string of the molecule is C=C(CCC=S(=O)=O)C(=O)O. The van der Waals surface area contributed by atoms with E-state index in [1.54, 1.807) is 0 Å². The first-order valence-corrected chi connectivity index (χ1v) is 4.00. The standard InChI is InChI=1S/C6H8O4S/c1-5(6(7)8)3-2-4-11(9)10/h4H,1-3H2,(H,7,8). The minimum absolute atomic E-state index is 0.0201. The Morgan fingerprint density at radius 3 is 2.45 bits per heavy atom. The van der Waals surface area contributed by atoms with Gasteiger partial charge in [0.1, 0.15) is 0 Å². The lowest BCUT2D eigenvalue weighted by molar-refractivity contribution is -0.132. The van der Waals surface area contributed by atoms with Gasteiger partial charge >= 0.3 is 5.97 Å². The molecular weight excluding hydrogens is 168 g/mol. The van der Waals surface area contributed by atoms with Crippen LogP contribution in [-0.2, 0) is 15.1 Å². The van der Waals surface area contributed by atoms with Gasteiger partial charge in [-0.1, -0.05) is 6.58 Å². The Labute approximate surface area is 65.7 Å². The molecule has 0 bridgehead atoms. The van der Waals surface area contributed by atoms with E-state index < -0.39 is 16.3 Å². The predicted octanol–water partition coefficient (Wildman–Crippen LogP) is 0.0887. The summed E-state index contributed by atoms with van der Waals surface area (Å²) in [4.78, 5) is 10.1. The molecule has 0 aliphatic rings. The van der Waals surface area contributed by atoms with Gasteiger partial charge in [-0.2, -0.15) is 8.42 Å². The first-order chi connectivity index (χ1) is 5.04. The molecule has 62 valence electrons. The summed E-state index contributed by atoms with van der Waals surface area (Å²) in [7, 11) is -2.20. The third-order valence-corrected chi connectivity index (χ3v) is 1.51. The van der Waals surface area contributed by atoms with Crippen molar-refractivity contribution in [2.45, 2.75) is 12.8 Å². The highest BCUT2D eigenvalue weighted by atomic mass is 32.2. The summed E-state index contributed by atoms with van der Waals surface area (Å²) < 4.78 is 19.8. The van der Waals surface area contributed by atoms with E-state index in [9.17, 15) is 13.2 Å². The molecule has 0 rings (SSSR count). The molecule has 0 fully saturated rings. The van der Waals surface area contributed by atoms with Gasteiger partial charge in [0.2, 0.25) is 10.3 Å². The molecule has 0 heterocycles. The van der Waals surface area contributed by atoms with E-state index in [1.165, 1.54) is 0 Å². The summed E-state index contributed by atoms with van der Waals surface area (Å²) >= 11 is 0. The average molecular weight is 176 g/mol. The predicted molar refractivity (Wildman–Crippen MR) is 41.0 cm³/mol. The Morgan fingerprint density at radius 2 is 2.09 bits per heavy atom. The molecule has 0 radical (unpaired) electrons. The van der Waals surface area contributed by atoms with Crippen LogP contribution in [0.2, 0.25) is 0 Å². The molecule has 1 N–H and O–H groups in total. The van der Waals surface area contributed by atoms with Crippen LogP contribution < -0.4 is 0 Å². The molecule has 0 spiro atoms. The Kier molecular flexibility index (Phi) is 4.21. The molecular formula is C6H8O4S. The first-order valence-electron chi connectivity index (χ1n) is 2.86. The molecule has 4 nitrogen and oxygen atoms in total. The summed E-state index contributed by atoms with van der Waals surface area (Å²) in [5, 5.41) is 9.29. The van der Waals surface area contributed by atoms with Crippen molar-refractivity contribution in [2.75, 3.05) is 0 Å². The molecule has 0 aromatic heterocycles. The third kappa shape index (κ3) is 5.35. The number of hydrogen-bond acceptors (Lipinski definition) is 3. The van der Waals surface area contributed by atoms with E-state index in [1.807, 2.05) is 0 Å². The fraction of sp³-hybridized carbons (Fsp3) is 0.333. The smallest absolute Gasteiger partial charge is 0.330 e. The monoisotopic (exact) mass is 176 g/mol. The van der Waals surface area contributed by atoms with Gasteiger partial charge in [0.05, 0.1) is 0 Å². The van der Waals surface area contributed by atoms with Crippen molar-refractivity contribution >= 4 is 21.6 Å². The van der Waals surface area contributed by atoms with Crippen LogP contribution in [0.1, 0.15) is 12.8 Å². The fourth-order valence-corrected chi connectivity index (χ4v) is 0.747. The zero-order chi connectivity index (χ0) is 8.85. The molecule has 0 aliphatic carbocycles. The van der Waals surface area contributed by atoms with E-state index in [-0.39, 0.29) is 18.4 Å². The topological polar surface area (TPSA) is 71.4 Å². The van der Waals surface area contributed by atoms with Gasteiger partial charge in [0.15, 0.2) is 0 Å². The van der Waals surface area contributed by atoms with Crippen molar-refractivity contribution in [3.05, 3.63) is 12.2 Å². The van der Waals surface area contributed by atoms with Crippen molar-refractivity contribution < 1.29 is 18.3 Å². The Hall–Kier alpha value is -1.10. The molecule has 0 amide bonds. The molecule has 0 aromatic rings. The zero-order valence-corrected chi connectivity index (χ0v) is 6.60. The van der Waals surface area contributed by atoms with Crippen LogP contribution in [0, 0.1) is 0 Å². The quantitative estimate of drug-likeness (QED) is 0.486. The second kappa shape index (κ2) is 4.68. The molecule has 0 unspecified atom stereocenters. The average Bonchev–Trinajstić information content (AvgIpc) is 1.86. The Bertz CT molecular complexity index is 278. The van der Waals surface area contributed by atoms with Crippen LogP contribution in [0.5, 0.6) is 0 Å². The van der Waals surface area contributed by atoms with Crippen molar-refractivity contribution in [2.24, 2.45) is 0 Å². The molecule has 5 heteroatoms. The normalized spacial score (nSPS) is 8.73. The Morgan fingerprint density at radius 1 is 1.55 bits per heavy atom. The van der Waals surface area contributed by atoms with Crippen LogP contribution in [0.15, 0.2) is 12.2 Å². The lowest BCUT2D eigenvalue weighted by Crippen LogP contribution is -1.98. The molecule has 0 aliphatic heterocycles. The van der Waals surface area contributed by atoms with Crippen molar-refractivity contribution in [3.8, 4) is 0 Å². The van der Waals surface area contributed by atoms with Gasteiger partial charge in [-0.25, -0.2) is 4.79 Å². The van der Waals surface area contributed by atoms with Crippen molar-refractivity contribution in [1.29, 1.82) is 0 Å². The number of hydrogen-bond donors (Lipinski definition) is 1. The first kappa shape index (κ1) is 9.90. The van der Waals surface area contributed by atoms with E-state index >= 15 is 0 Å². The van der Waals surface area contributed by atoms with Gasteiger partial charge in [0.25, 0.3) is 0 Å². The van der Waals surface area contributed by atoms with E-state index in [4.69, 9.17) is 5.11 Å². The highest BCUT2D eigenvalue weighted by Gasteiger charge is 2.00. The second-order valence-electron chi connectivity index (χ2n) is 1.87. The fourth-order valence-electron chi connectivity index (χ4n) is 0.436. The van der Waals surface area contributed by atoms with Crippen molar-refractivity contribution in [3.63, 3.8) is 0 Å². The summed E-state index contributed by atoms with van der Waals surface area (Å²) in [6.07, 6.45) is 0.366. The van der Waals surface area contributed by atoms with Gasteiger partial charge in [-0.05, 0) is 12.8 Å². The van der Waals surface area contributed by atoms with E-state index in [0.717, 1.165) is 5.37 Å². The lowest BCUT2D eigenvalue weighted by Gasteiger charge is -1.92. The van der Waals surface area contributed by atoms with Crippen LogP contribution in [0.25, 0.3) is 0 Å². The molecule has 0 saturated carbocycles. The van der Waals surface area contributed by atoms with Gasteiger partial charge in [0, 0.05) is 10.9 Å². The zero-order valence-electron chi connectivity index (χ0n) is 5.78. The minimum Gasteiger partial charge on any atom is -0.478 e. The Balaban J connectivity index is 3.82. The van der Waals surface area contributed by atoms with E-state index in [2.05, 4.69) is 6.58 Å². The van der Waals surface area contributed by atoms with Crippen LogP contribution in [-0.4, -0.2) is 24.9 Å². The molecule has 0 atom stereocenters. The number of rotatable bonds is 4. The largest absolute Gasteiger partial charge is 0.478 e. The van der Waals surface area contributed by atoms with Crippen LogP contribution in [0.4, 0.5) is 0 Å². The maximum Gasteiger partial charge on any atom is 0.330 e. The highest BCUT2D eigenvalue weighted by molar-refractivity contribution is 7.71. The number of carboxylic acids is 1. The molecule has 11 heavy (non-hydrogen) atoms. The van der Waals surface area contributed by atoms with E-state index in [0.29, 0.717) is 0 Å².